The predicted octanol–water partition coefficient (Wildman–Crippen LogP) is 4.29. The van der Waals surface area contributed by atoms with Crippen LogP contribution in [0.3, 0.4) is 0 Å². The van der Waals surface area contributed by atoms with Crippen molar-refractivity contribution in [2.24, 2.45) is 0 Å². The molecule has 0 unspecified atom stereocenters. The first kappa shape index (κ1) is 15.5. The second kappa shape index (κ2) is 6.01. The summed E-state index contributed by atoms with van der Waals surface area (Å²) in [6.45, 7) is 8.09. The van der Waals surface area contributed by atoms with Crippen molar-refractivity contribution in [3.8, 4) is 0 Å². The second-order valence-corrected chi connectivity index (χ2v) is 6.80. The highest BCUT2D eigenvalue weighted by Crippen LogP contribution is 2.29. The molecule has 23 heavy (non-hydrogen) atoms. The first-order valence-corrected chi connectivity index (χ1v) is 8.27. The zero-order valence-corrected chi connectivity index (χ0v) is 14.5. The molecule has 1 aromatic heterocycles. The molecule has 0 aliphatic heterocycles. The monoisotopic (exact) mass is 325 g/mol. The van der Waals surface area contributed by atoms with Crippen LogP contribution in [0.5, 0.6) is 0 Å². The number of fused-ring (bicyclic) bond motifs is 1. The Balaban J connectivity index is 1.78. The van der Waals surface area contributed by atoms with E-state index in [0.29, 0.717) is 10.7 Å². The molecular weight excluding hydrogens is 306 g/mol. The van der Waals surface area contributed by atoms with Crippen molar-refractivity contribution >= 4 is 32.6 Å². The van der Waals surface area contributed by atoms with Crippen molar-refractivity contribution < 1.29 is 4.79 Å². The van der Waals surface area contributed by atoms with Crippen LogP contribution in [-0.2, 0) is 0 Å². The molecule has 3 aromatic rings. The summed E-state index contributed by atoms with van der Waals surface area (Å²) >= 11 is 1.53. The van der Waals surface area contributed by atoms with Gasteiger partial charge >= 0.3 is 0 Å². The third-order valence-electron chi connectivity index (χ3n) is 3.99. The topological polar surface area (TPSA) is 54.0 Å². The molecule has 1 heterocycles. The van der Waals surface area contributed by atoms with Gasteiger partial charge in [0.15, 0.2) is 0 Å². The Kier molecular flexibility index (Phi) is 4.05. The minimum Gasteiger partial charge on any atom is -0.273 e. The van der Waals surface area contributed by atoms with Gasteiger partial charge in [-0.15, -0.1) is 0 Å². The summed E-state index contributed by atoms with van der Waals surface area (Å²) in [6.07, 6.45) is 0. The number of carbonyl (C=O) groups is 1. The van der Waals surface area contributed by atoms with Gasteiger partial charge < -0.3 is 0 Å². The maximum atomic E-state index is 12.3. The molecule has 0 saturated heterocycles. The van der Waals surface area contributed by atoms with Crippen LogP contribution in [0, 0.1) is 27.7 Å². The van der Waals surface area contributed by atoms with Crippen LogP contribution in [0.1, 0.15) is 32.6 Å². The summed E-state index contributed by atoms with van der Waals surface area (Å²) in [7, 11) is 0. The lowest BCUT2D eigenvalue weighted by Gasteiger charge is -2.08. The lowest BCUT2D eigenvalue weighted by Crippen LogP contribution is -2.29. The average Bonchev–Trinajstić information content (AvgIpc) is 2.92. The maximum Gasteiger partial charge on any atom is 0.269 e. The fraction of sp³-hybridized carbons (Fsp3) is 0.222. The molecule has 1 amide bonds. The Labute approximate surface area is 139 Å². The van der Waals surface area contributed by atoms with Gasteiger partial charge in [-0.05, 0) is 56.5 Å². The molecule has 0 saturated carbocycles. The molecule has 0 atom stereocenters. The van der Waals surface area contributed by atoms with Crippen molar-refractivity contribution in [3.05, 3.63) is 58.1 Å². The number of carbonyl (C=O) groups excluding carboxylic acids is 1. The van der Waals surface area contributed by atoms with E-state index >= 15 is 0 Å². The van der Waals surface area contributed by atoms with Gasteiger partial charge in [0, 0.05) is 5.56 Å². The van der Waals surface area contributed by atoms with E-state index in [1.165, 1.54) is 22.5 Å². The second-order valence-electron chi connectivity index (χ2n) is 5.77. The van der Waals surface area contributed by atoms with E-state index in [0.717, 1.165) is 21.3 Å². The minimum absolute atomic E-state index is 0.158. The number of aryl methyl sites for hydroxylation is 4. The molecule has 4 nitrogen and oxygen atoms in total. The molecule has 3 rings (SSSR count). The van der Waals surface area contributed by atoms with Gasteiger partial charge in [0.1, 0.15) is 0 Å². The Hall–Kier alpha value is -2.40. The SMILES string of the molecule is Cc1ccc(C(=O)NNc2nc3c(C)c(C)ccc3s2)c(C)c1. The van der Waals surface area contributed by atoms with Crippen molar-refractivity contribution in [2.75, 3.05) is 5.43 Å². The summed E-state index contributed by atoms with van der Waals surface area (Å²) in [5, 5.41) is 0.687. The van der Waals surface area contributed by atoms with Crippen LogP contribution in [0.4, 0.5) is 5.13 Å². The zero-order chi connectivity index (χ0) is 16.6. The molecule has 0 radical (unpaired) electrons. The van der Waals surface area contributed by atoms with Crippen molar-refractivity contribution in [1.29, 1.82) is 0 Å². The van der Waals surface area contributed by atoms with E-state index in [1.807, 2.05) is 32.0 Å². The van der Waals surface area contributed by atoms with E-state index in [9.17, 15) is 4.79 Å². The van der Waals surface area contributed by atoms with Crippen LogP contribution in [0.25, 0.3) is 10.2 Å². The molecule has 2 aromatic carbocycles. The number of thiazole rings is 1. The number of hydrogen-bond acceptors (Lipinski definition) is 4. The standard InChI is InChI=1S/C18H19N3OS/c1-10-5-7-14(12(3)9-10)17(22)20-21-18-19-16-13(4)11(2)6-8-15(16)23-18/h5-9H,1-4H3,(H,19,21)(H,20,22). The van der Waals surface area contributed by atoms with E-state index < -0.39 is 0 Å². The quantitative estimate of drug-likeness (QED) is 0.706. The van der Waals surface area contributed by atoms with Crippen LogP contribution >= 0.6 is 11.3 Å². The van der Waals surface area contributed by atoms with Gasteiger partial charge in [0.05, 0.1) is 10.2 Å². The van der Waals surface area contributed by atoms with E-state index in [-0.39, 0.29) is 5.91 Å². The average molecular weight is 325 g/mol. The fourth-order valence-electron chi connectivity index (χ4n) is 2.53. The minimum atomic E-state index is -0.158. The van der Waals surface area contributed by atoms with Gasteiger partial charge in [-0.2, -0.15) is 0 Å². The molecule has 0 spiro atoms. The van der Waals surface area contributed by atoms with Gasteiger partial charge in [-0.1, -0.05) is 35.1 Å². The van der Waals surface area contributed by atoms with Crippen molar-refractivity contribution in [3.63, 3.8) is 0 Å². The van der Waals surface area contributed by atoms with E-state index in [2.05, 4.69) is 41.8 Å². The number of hydrogen-bond donors (Lipinski definition) is 2. The summed E-state index contributed by atoms with van der Waals surface area (Å²) in [6, 6.07) is 9.93. The summed E-state index contributed by atoms with van der Waals surface area (Å²) < 4.78 is 1.11. The molecule has 0 aliphatic carbocycles. The van der Waals surface area contributed by atoms with Crippen LogP contribution < -0.4 is 10.9 Å². The van der Waals surface area contributed by atoms with Gasteiger partial charge in [-0.3, -0.25) is 15.6 Å². The number of rotatable bonds is 3. The Morgan fingerprint density at radius 2 is 1.83 bits per heavy atom. The molecule has 0 aliphatic rings. The van der Waals surface area contributed by atoms with E-state index in [1.54, 1.807) is 0 Å². The Morgan fingerprint density at radius 1 is 1.04 bits per heavy atom. The molecule has 2 N–H and O–H groups in total. The fourth-order valence-corrected chi connectivity index (χ4v) is 3.40. The van der Waals surface area contributed by atoms with Gasteiger partial charge in [-0.25, -0.2) is 4.98 Å². The number of anilines is 1. The lowest BCUT2D eigenvalue weighted by molar-refractivity contribution is 0.0962. The molecule has 0 fully saturated rings. The highest BCUT2D eigenvalue weighted by molar-refractivity contribution is 7.22. The zero-order valence-electron chi connectivity index (χ0n) is 13.7. The number of nitrogens with one attached hydrogen (secondary N) is 2. The maximum absolute atomic E-state index is 12.3. The van der Waals surface area contributed by atoms with E-state index in [4.69, 9.17) is 0 Å². The highest BCUT2D eigenvalue weighted by Gasteiger charge is 2.11. The third-order valence-corrected chi connectivity index (χ3v) is 4.93. The predicted molar refractivity (Wildman–Crippen MR) is 96.1 cm³/mol. The highest BCUT2D eigenvalue weighted by atomic mass is 32.1. The normalized spacial score (nSPS) is 10.8. The van der Waals surface area contributed by atoms with Crippen molar-refractivity contribution in [1.82, 2.24) is 10.4 Å². The lowest BCUT2D eigenvalue weighted by atomic mass is 10.1. The largest absolute Gasteiger partial charge is 0.273 e. The van der Waals surface area contributed by atoms with Gasteiger partial charge in [0.2, 0.25) is 5.13 Å². The first-order chi connectivity index (χ1) is 11.0. The van der Waals surface area contributed by atoms with Crippen LogP contribution in [-0.4, -0.2) is 10.9 Å². The molecule has 0 bridgehead atoms. The number of nitrogens with zero attached hydrogens (tertiary/aromatic N) is 1. The summed E-state index contributed by atoms with van der Waals surface area (Å²) in [5.74, 6) is -0.158. The third kappa shape index (κ3) is 3.05. The number of amides is 1. The summed E-state index contributed by atoms with van der Waals surface area (Å²) in [5.41, 5.74) is 11.8. The summed E-state index contributed by atoms with van der Waals surface area (Å²) in [4.78, 5) is 16.9. The molecule has 118 valence electrons. The van der Waals surface area contributed by atoms with Gasteiger partial charge in [0.25, 0.3) is 5.91 Å². The Morgan fingerprint density at radius 3 is 2.57 bits per heavy atom. The van der Waals surface area contributed by atoms with Crippen molar-refractivity contribution in [2.45, 2.75) is 27.7 Å². The number of aromatic nitrogens is 1. The number of hydrazine groups is 1. The number of benzene rings is 2. The van der Waals surface area contributed by atoms with Crippen LogP contribution in [0.2, 0.25) is 0 Å². The first-order valence-electron chi connectivity index (χ1n) is 7.46. The molecular formula is C18H19N3OS. The molecule has 5 heteroatoms. The smallest absolute Gasteiger partial charge is 0.269 e. The Bertz CT molecular complexity index is 899. The van der Waals surface area contributed by atoms with Crippen LogP contribution in [0.15, 0.2) is 30.3 Å².